The highest BCUT2D eigenvalue weighted by Crippen LogP contribution is 2.28. The number of carbonyl (C=O) groups is 2. The van der Waals surface area contributed by atoms with Gasteiger partial charge in [0.15, 0.2) is 0 Å². The second-order valence-electron chi connectivity index (χ2n) is 7.10. The molecule has 0 saturated heterocycles. The average Bonchev–Trinajstić information content (AvgIpc) is 2.48. The van der Waals surface area contributed by atoms with Gasteiger partial charge in [-0.2, -0.15) is 0 Å². The molecule has 2 rings (SSSR count). The van der Waals surface area contributed by atoms with Gasteiger partial charge in [-0.3, -0.25) is 0 Å². The Labute approximate surface area is 151 Å². The highest BCUT2D eigenvalue weighted by Gasteiger charge is 2.23. The van der Waals surface area contributed by atoms with Crippen molar-refractivity contribution in [1.82, 2.24) is 5.32 Å². The molecular weight excluding hydrogens is 338 g/mol. The number of aryl methyl sites for hydroxylation is 2. The van der Waals surface area contributed by atoms with E-state index in [1.54, 1.807) is 46.8 Å². The highest BCUT2D eigenvalue weighted by atomic mass is 16.6. The van der Waals surface area contributed by atoms with Gasteiger partial charge in [0.25, 0.3) is 0 Å². The van der Waals surface area contributed by atoms with Gasteiger partial charge < -0.3 is 19.2 Å². The first kappa shape index (κ1) is 19.5. The van der Waals surface area contributed by atoms with E-state index >= 15 is 0 Å². The van der Waals surface area contributed by atoms with Crippen molar-refractivity contribution in [3.63, 3.8) is 0 Å². The van der Waals surface area contributed by atoms with Crippen molar-refractivity contribution in [1.29, 1.82) is 0 Å². The first-order valence-corrected chi connectivity index (χ1v) is 8.23. The number of ether oxygens (including phenoxy) is 2. The second-order valence-corrected chi connectivity index (χ2v) is 7.10. The van der Waals surface area contributed by atoms with E-state index in [1.807, 2.05) is 0 Å². The van der Waals surface area contributed by atoms with Crippen LogP contribution in [0.2, 0.25) is 0 Å². The fraction of sp³-hybridized carbons (Fsp3) is 0.421. The van der Waals surface area contributed by atoms with Crippen LogP contribution in [0.5, 0.6) is 5.75 Å². The van der Waals surface area contributed by atoms with Gasteiger partial charge >= 0.3 is 17.7 Å². The fourth-order valence-corrected chi connectivity index (χ4v) is 2.35. The number of nitrogens with one attached hydrogen (secondary N) is 1. The van der Waals surface area contributed by atoms with Crippen LogP contribution in [-0.2, 0) is 9.53 Å². The van der Waals surface area contributed by atoms with Crippen molar-refractivity contribution in [2.45, 2.75) is 53.2 Å². The summed E-state index contributed by atoms with van der Waals surface area (Å²) in [6, 6.07) is 3.84. The SMILES string of the molecule is Cc1cc(=O)oc2c(C)c(OC(=O)C(C)NC(=O)OC(C)(C)C)ccc12. The topological polar surface area (TPSA) is 94.8 Å². The van der Waals surface area contributed by atoms with Crippen LogP contribution in [0.4, 0.5) is 4.79 Å². The summed E-state index contributed by atoms with van der Waals surface area (Å²) >= 11 is 0. The molecule has 26 heavy (non-hydrogen) atoms. The minimum Gasteiger partial charge on any atom is -0.444 e. The van der Waals surface area contributed by atoms with Crippen LogP contribution in [-0.4, -0.2) is 23.7 Å². The Bertz CT molecular complexity index is 907. The predicted octanol–water partition coefficient (Wildman–Crippen LogP) is 3.23. The molecule has 0 saturated carbocycles. The van der Waals surface area contributed by atoms with Gasteiger partial charge in [0, 0.05) is 17.0 Å². The number of hydrogen-bond donors (Lipinski definition) is 1. The van der Waals surface area contributed by atoms with Crippen molar-refractivity contribution in [2.75, 3.05) is 0 Å². The Hall–Kier alpha value is -2.83. The van der Waals surface area contributed by atoms with E-state index < -0.39 is 29.3 Å². The number of hydrogen-bond acceptors (Lipinski definition) is 6. The first-order valence-electron chi connectivity index (χ1n) is 8.23. The predicted molar refractivity (Wildman–Crippen MR) is 96.4 cm³/mol. The lowest BCUT2D eigenvalue weighted by atomic mass is 10.1. The Balaban J connectivity index is 2.17. The van der Waals surface area contributed by atoms with E-state index in [0.29, 0.717) is 11.1 Å². The lowest BCUT2D eigenvalue weighted by Crippen LogP contribution is -2.43. The van der Waals surface area contributed by atoms with Gasteiger partial charge in [-0.1, -0.05) is 0 Å². The van der Waals surface area contributed by atoms with Gasteiger partial charge in [-0.15, -0.1) is 0 Å². The molecule has 7 nitrogen and oxygen atoms in total. The third-order valence-electron chi connectivity index (χ3n) is 3.62. The molecule has 1 aromatic carbocycles. The zero-order valence-electron chi connectivity index (χ0n) is 15.8. The number of carbonyl (C=O) groups excluding carboxylic acids is 2. The number of benzene rings is 1. The molecule has 1 heterocycles. The largest absolute Gasteiger partial charge is 0.444 e. The average molecular weight is 361 g/mol. The molecule has 0 aliphatic heterocycles. The maximum absolute atomic E-state index is 12.3. The molecule has 1 N–H and O–H groups in total. The molecule has 140 valence electrons. The molecule has 1 unspecified atom stereocenters. The zero-order chi connectivity index (χ0) is 19.6. The summed E-state index contributed by atoms with van der Waals surface area (Å²) in [7, 11) is 0. The maximum Gasteiger partial charge on any atom is 0.408 e. The summed E-state index contributed by atoms with van der Waals surface area (Å²) in [5, 5.41) is 3.19. The maximum atomic E-state index is 12.3. The van der Waals surface area contributed by atoms with Crippen LogP contribution in [0.15, 0.2) is 27.4 Å². The van der Waals surface area contributed by atoms with Crippen LogP contribution >= 0.6 is 0 Å². The molecule has 0 aliphatic rings. The monoisotopic (exact) mass is 361 g/mol. The molecule has 0 aliphatic carbocycles. The molecule has 1 amide bonds. The highest BCUT2D eigenvalue weighted by molar-refractivity contribution is 5.87. The third kappa shape index (κ3) is 4.62. The zero-order valence-corrected chi connectivity index (χ0v) is 15.8. The smallest absolute Gasteiger partial charge is 0.408 e. The van der Waals surface area contributed by atoms with Crippen LogP contribution in [0, 0.1) is 13.8 Å². The standard InChI is InChI=1S/C19H23NO6/c1-10-9-15(21)25-16-11(2)14(8-7-13(10)16)24-17(22)12(3)20-18(23)26-19(4,5)6/h7-9,12H,1-6H3,(H,20,23). The van der Waals surface area contributed by atoms with E-state index in [1.165, 1.54) is 13.0 Å². The van der Waals surface area contributed by atoms with Gasteiger partial charge in [0.2, 0.25) is 0 Å². The van der Waals surface area contributed by atoms with Crippen LogP contribution in [0.3, 0.4) is 0 Å². The summed E-state index contributed by atoms with van der Waals surface area (Å²) in [4.78, 5) is 35.6. The van der Waals surface area contributed by atoms with Crippen molar-refractivity contribution in [2.24, 2.45) is 0 Å². The van der Waals surface area contributed by atoms with Gasteiger partial charge in [0.1, 0.15) is 23.0 Å². The van der Waals surface area contributed by atoms with Crippen molar-refractivity contribution >= 4 is 23.0 Å². The van der Waals surface area contributed by atoms with E-state index in [2.05, 4.69) is 5.32 Å². The number of fused-ring (bicyclic) bond motifs is 1. The minimum atomic E-state index is -0.913. The van der Waals surface area contributed by atoms with E-state index in [9.17, 15) is 14.4 Å². The molecule has 0 radical (unpaired) electrons. The Morgan fingerprint density at radius 1 is 1.19 bits per heavy atom. The fourth-order valence-electron chi connectivity index (χ4n) is 2.35. The molecule has 1 atom stereocenters. The quantitative estimate of drug-likeness (QED) is 0.512. The molecule has 7 heteroatoms. The van der Waals surface area contributed by atoms with E-state index in [4.69, 9.17) is 13.9 Å². The molecule has 0 spiro atoms. The normalized spacial score (nSPS) is 12.5. The number of rotatable bonds is 3. The van der Waals surface area contributed by atoms with Crippen LogP contribution in [0.1, 0.15) is 38.8 Å². The molecular formula is C19H23NO6. The first-order chi connectivity index (χ1) is 12.0. The summed E-state index contributed by atoms with van der Waals surface area (Å²) < 4.78 is 15.7. The molecule has 1 aromatic heterocycles. The van der Waals surface area contributed by atoms with Crippen molar-refractivity contribution in [3.8, 4) is 5.75 Å². The number of amides is 1. The number of esters is 1. The lowest BCUT2D eigenvalue weighted by Gasteiger charge is -2.21. The summed E-state index contributed by atoms with van der Waals surface area (Å²) in [5.41, 5.74) is 0.533. The van der Waals surface area contributed by atoms with Crippen molar-refractivity contribution < 1.29 is 23.5 Å². The molecule has 0 bridgehead atoms. The molecule has 0 fully saturated rings. The Morgan fingerprint density at radius 2 is 1.85 bits per heavy atom. The van der Waals surface area contributed by atoms with Gasteiger partial charge in [0.05, 0.1) is 0 Å². The molecule has 2 aromatic rings. The Morgan fingerprint density at radius 3 is 2.46 bits per heavy atom. The summed E-state index contributed by atoms with van der Waals surface area (Å²) in [6.45, 7) is 10.2. The van der Waals surface area contributed by atoms with Crippen LogP contribution in [0.25, 0.3) is 11.0 Å². The van der Waals surface area contributed by atoms with E-state index in [-0.39, 0.29) is 5.75 Å². The van der Waals surface area contributed by atoms with Gasteiger partial charge in [-0.05, 0) is 59.2 Å². The second kappa shape index (κ2) is 7.19. The summed E-state index contributed by atoms with van der Waals surface area (Å²) in [6.07, 6.45) is -0.709. The van der Waals surface area contributed by atoms with Gasteiger partial charge in [-0.25, -0.2) is 14.4 Å². The van der Waals surface area contributed by atoms with Crippen LogP contribution < -0.4 is 15.7 Å². The van der Waals surface area contributed by atoms with E-state index in [0.717, 1.165) is 10.9 Å². The summed E-state index contributed by atoms with van der Waals surface area (Å²) in [5.74, 6) is -0.401. The Kier molecular flexibility index (Phi) is 5.39. The third-order valence-corrected chi connectivity index (χ3v) is 3.62. The lowest BCUT2D eigenvalue weighted by molar-refractivity contribution is -0.136. The minimum absolute atomic E-state index is 0.258. The number of alkyl carbamates (subject to hydrolysis) is 1. The van der Waals surface area contributed by atoms with Crippen molar-refractivity contribution in [3.05, 3.63) is 39.7 Å².